The summed E-state index contributed by atoms with van der Waals surface area (Å²) in [7, 11) is 0. The Kier molecular flexibility index (Phi) is 7.65. The molecule has 2 aromatic rings. The molecule has 0 aliphatic heterocycles. The number of ether oxygens (including phenoxy) is 2. The highest BCUT2D eigenvalue weighted by Gasteiger charge is 2.30. The largest absolute Gasteiger partial charge is 0.489 e. The molecule has 0 saturated carbocycles. The molecular formula is C19H16ClF3O4S. The second kappa shape index (κ2) is 9.75. The lowest BCUT2D eigenvalue weighted by Gasteiger charge is -2.12. The van der Waals surface area contributed by atoms with Crippen LogP contribution in [0.1, 0.15) is 5.56 Å². The molecule has 0 aromatic heterocycles. The van der Waals surface area contributed by atoms with E-state index in [2.05, 4.69) is 6.58 Å². The molecular weight excluding hydrogens is 417 g/mol. The van der Waals surface area contributed by atoms with Gasteiger partial charge in [0.15, 0.2) is 6.61 Å². The molecule has 0 spiro atoms. The van der Waals surface area contributed by atoms with Gasteiger partial charge in [-0.15, -0.1) is 11.8 Å². The van der Waals surface area contributed by atoms with Crippen molar-refractivity contribution < 1.29 is 32.5 Å². The second-order valence-corrected chi connectivity index (χ2v) is 7.08. The Hall–Kier alpha value is -2.32. The third-order valence-corrected chi connectivity index (χ3v) is 4.75. The average molecular weight is 433 g/mol. The van der Waals surface area contributed by atoms with Crippen molar-refractivity contribution in [2.45, 2.75) is 11.1 Å². The number of rotatable bonds is 9. The van der Waals surface area contributed by atoms with Crippen LogP contribution in [0.3, 0.4) is 0 Å². The van der Waals surface area contributed by atoms with Crippen LogP contribution in [0.4, 0.5) is 13.2 Å². The third kappa shape index (κ3) is 7.01. The number of carbonyl (C=O) groups is 1. The minimum absolute atomic E-state index is 0.122. The van der Waals surface area contributed by atoms with Gasteiger partial charge in [0.25, 0.3) is 0 Å². The van der Waals surface area contributed by atoms with Crippen LogP contribution in [-0.2, 0) is 11.0 Å². The summed E-state index contributed by atoms with van der Waals surface area (Å²) < 4.78 is 48.3. The second-order valence-electron chi connectivity index (χ2n) is 5.62. The molecule has 4 nitrogen and oxygen atoms in total. The average Bonchev–Trinajstić information content (AvgIpc) is 2.63. The van der Waals surface area contributed by atoms with E-state index in [-0.39, 0.29) is 6.61 Å². The van der Waals surface area contributed by atoms with E-state index in [1.165, 1.54) is 30.0 Å². The molecule has 2 aromatic carbocycles. The Bertz CT molecular complexity index is 838. The first-order valence-electron chi connectivity index (χ1n) is 7.89. The first-order valence-corrected chi connectivity index (χ1v) is 9.25. The predicted molar refractivity (Wildman–Crippen MR) is 101 cm³/mol. The summed E-state index contributed by atoms with van der Waals surface area (Å²) in [5, 5.41) is 9.15. The summed E-state index contributed by atoms with van der Waals surface area (Å²) in [5.41, 5.74) is -0.0603. The Balaban J connectivity index is 1.88. The molecule has 2 rings (SSSR count). The Morgan fingerprint density at radius 2 is 1.79 bits per heavy atom. The standard InChI is InChI=1S/C19H16ClF3O4S/c1-12(9-26-15-5-2-13(3-6-15)19(21,22)23)11-28-17-7-4-14(20)8-16(17)27-10-18(24)25/h2-8H,1,9-11H2,(H,24,25). The lowest BCUT2D eigenvalue weighted by atomic mass is 10.2. The van der Waals surface area contributed by atoms with Gasteiger partial charge < -0.3 is 14.6 Å². The van der Waals surface area contributed by atoms with Crippen molar-refractivity contribution in [3.8, 4) is 11.5 Å². The number of carboxylic acid groups (broad SMARTS) is 1. The molecule has 1 N–H and O–H groups in total. The molecule has 9 heteroatoms. The van der Waals surface area contributed by atoms with Gasteiger partial charge in [-0.05, 0) is 48.0 Å². The minimum Gasteiger partial charge on any atom is -0.489 e. The van der Waals surface area contributed by atoms with Gasteiger partial charge in [0.05, 0.1) is 5.56 Å². The van der Waals surface area contributed by atoms with E-state index in [1.807, 2.05) is 0 Å². The summed E-state index contributed by atoms with van der Waals surface area (Å²) in [4.78, 5) is 11.4. The summed E-state index contributed by atoms with van der Waals surface area (Å²) in [6.45, 7) is 3.50. The van der Waals surface area contributed by atoms with Crippen molar-refractivity contribution in [3.05, 3.63) is 65.2 Å². The molecule has 0 unspecified atom stereocenters. The van der Waals surface area contributed by atoms with Crippen LogP contribution < -0.4 is 9.47 Å². The summed E-state index contributed by atoms with van der Waals surface area (Å²) in [6.07, 6.45) is -4.39. The lowest BCUT2D eigenvalue weighted by Crippen LogP contribution is -2.10. The number of halogens is 4. The molecule has 0 atom stereocenters. The Morgan fingerprint density at radius 1 is 1.11 bits per heavy atom. The fraction of sp³-hybridized carbons (Fsp3) is 0.211. The SMILES string of the molecule is C=C(COc1ccc(C(F)(F)F)cc1)CSc1ccc(Cl)cc1OCC(=O)O. The molecule has 0 heterocycles. The van der Waals surface area contributed by atoms with Gasteiger partial charge >= 0.3 is 12.1 Å². The number of aliphatic carboxylic acids is 1. The maximum Gasteiger partial charge on any atom is 0.416 e. The van der Waals surface area contributed by atoms with Crippen molar-refractivity contribution in [1.82, 2.24) is 0 Å². The van der Waals surface area contributed by atoms with Crippen molar-refractivity contribution in [3.63, 3.8) is 0 Å². The summed E-state index contributed by atoms with van der Waals surface area (Å²) >= 11 is 7.26. The van der Waals surface area contributed by atoms with Crippen LogP contribution in [0.5, 0.6) is 11.5 Å². The van der Waals surface area contributed by atoms with Gasteiger partial charge in [-0.1, -0.05) is 18.2 Å². The van der Waals surface area contributed by atoms with E-state index in [0.717, 1.165) is 12.1 Å². The van der Waals surface area contributed by atoms with E-state index >= 15 is 0 Å². The molecule has 28 heavy (non-hydrogen) atoms. The number of hydrogen-bond donors (Lipinski definition) is 1. The number of hydrogen-bond acceptors (Lipinski definition) is 4. The quantitative estimate of drug-likeness (QED) is 0.416. The first kappa shape index (κ1) is 22.0. The zero-order chi connectivity index (χ0) is 20.7. The third-order valence-electron chi connectivity index (χ3n) is 3.31. The van der Waals surface area contributed by atoms with Crippen molar-refractivity contribution in [2.24, 2.45) is 0 Å². The number of thioether (sulfide) groups is 1. The van der Waals surface area contributed by atoms with Gasteiger partial charge in [0.1, 0.15) is 18.1 Å². The van der Waals surface area contributed by atoms with E-state index in [9.17, 15) is 18.0 Å². The molecule has 150 valence electrons. The van der Waals surface area contributed by atoms with Crippen LogP contribution >= 0.6 is 23.4 Å². The normalized spacial score (nSPS) is 11.1. The minimum atomic E-state index is -4.39. The zero-order valence-electron chi connectivity index (χ0n) is 14.5. The van der Waals surface area contributed by atoms with Crippen molar-refractivity contribution in [1.29, 1.82) is 0 Å². The molecule has 0 aliphatic rings. The van der Waals surface area contributed by atoms with Crippen molar-refractivity contribution in [2.75, 3.05) is 19.0 Å². The highest BCUT2D eigenvalue weighted by Crippen LogP contribution is 2.33. The Morgan fingerprint density at radius 3 is 2.39 bits per heavy atom. The van der Waals surface area contributed by atoms with Crippen LogP contribution in [0.2, 0.25) is 5.02 Å². The zero-order valence-corrected chi connectivity index (χ0v) is 16.0. The van der Waals surface area contributed by atoms with Crippen LogP contribution in [-0.4, -0.2) is 30.0 Å². The van der Waals surface area contributed by atoms with E-state index < -0.39 is 24.3 Å². The molecule has 0 amide bonds. The lowest BCUT2D eigenvalue weighted by molar-refractivity contribution is -0.139. The van der Waals surface area contributed by atoms with E-state index in [0.29, 0.717) is 32.7 Å². The maximum atomic E-state index is 12.5. The number of carboxylic acids is 1. The summed E-state index contributed by atoms with van der Waals surface area (Å²) in [5.74, 6) is -0.0242. The molecule has 0 fully saturated rings. The van der Waals surface area contributed by atoms with Gasteiger partial charge in [0.2, 0.25) is 0 Å². The monoisotopic (exact) mass is 432 g/mol. The van der Waals surface area contributed by atoms with Gasteiger partial charge in [0, 0.05) is 15.7 Å². The Labute approximate surface area is 168 Å². The van der Waals surface area contributed by atoms with Crippen LogP contribution in [0.15, 0.2) is 59.5 Å². The number of benzene rings is 2. The molecule has 0 aliphatic carbocycles. The predicted octanol–water partition coefficient (Wildman–Crippen LogP) is 5.55. The fourth-order valence-corrected chi connectivity index (χ4v) is 3.03. The van der Waals surface area contributed by atoms with Crippen molar-refractivity contribution >= 4 is 29.3 Å². The van der Waals surface area contributed by atoms with Gasteiger partial charge in [-0.3, -0.25) is 0 Å². The van der Waals surface area contributed by atoms with Gasteiger partial charge in [-0.2, -0.15) is 13.2 Å². The topological polar surface area (TPSA) is 55.8 Å². The first-order chi connectivity index (χ1) is 13.1. The molecule has 0 bridgehead atoms. The van der Waals surface area contributed by atoms with E-state index in [1.54, 1.807) is 12.1 Å². The smallest absolute Gasteiger partial charge is 0.416 e. The van der Waals surface area contributed by atoms with Crippen LogP contribution in [0, 0.1) is 0 Å². The van der Waals surface area contributed by atoms with E-state index in [4.69, 9.17) is 26.2 Å². The van der Waals surface area contributed by atoms with Crippen LogP contribution in [0.25, 0.3) is 0 Å². The maximum absolute atomic E-state index is 12.5. The highest BCUT2D eigenvalue weighted by atomic mass is 35.5. The highest BCUT2D eigenvalue weighted by molar-refractivity contribution is 7.99. The fourth-order valence-electron chi connectivity index (χ4n) is 2.00. The molecule has 0 saturated heterocycles. The number of alkyl halides is 3. The van der Waals surface area contributed by atoms with Gasteiger partial charge in [-0.25, -0.2) is 4.79 Å². The summed E-state index contributed by atoms with van der Waals surface area (Å²) in [6, 6.07) is 9.28. The molecule has 0 radical (unpaired) electrons.